The molecule has 0 bridgehead atoms. The van der Waals surface area contributed by atoms with Crippen molar-refractivity contribution in [3.8, 4) is 5.75 Å². The third-order valence-electron chi connectivity index (χ3n) is 5.73. The van der Waals surface area contributed by atoms with Crippen LogP contribution >= 0.6 is 11.8 Å². The fourth-order valence-electron chi connectivity index (χ4n) is 3.95. The number of hydrazone groups is 1. The standard InChI is InChI=1S/C23H26F3N3O3S/c1-4-14(9-10-27)23(18-12-16(25)6-8-20(18)30)29(22(31)13(2)32-3)28-21(33-23)17-11-15(24)5-7-19(17)26/h5-8,11-14,30H,4,9-10,27H2,1-3H3/t13-,14?,23?/m0/s1. The number of nitrogens with zero attached hydrogens (tertiary/aromatic N) is 2. The second-order valence-corrected chi connectivity index (χ2v) is 8.91. The van der Waals surface area contributed by atoms with E-state index in [2.05, 4.69) is 5.10 Å². The van der Waals surface area contributed by atoms with E-state index in [-0.39, 0.29) is 28.5 Å². The summed E-state index contributed by atoms with van der Waals surface area (Å²) in [6.45, 7) is 3.62. The maximum atomic E-state index is 14.7. The highest BCUT2D eigenvalue weighted by Crippen LogP contribution is 2.56. The lowest BCUT2D eigenvalue weighted by atomic mass is 9.86. The average Bonchev–Trinajstić information content (AvgIpc) is 3.20. The number of amides is 1. The molecule has 3 atom stereocenters. The van der Waals surface area contributed by atoms with Crippen molar-refractivity contribution in [2.24, 2.45) is 16.8 Å². The number of nitrogens with two attached hydrogens (primary N) is 1. The van der Waals surface area contributed by atoms with Gasteiger partial charge in [0.25, 0.3) is 5.91 Å². The van der Waals surface area contributed by atoms with Crippen molar-refractivity contribution >= 4 is 22.7 Å². The van der Waals surface area contributed by atoms with Gasteiger partial charge in [0.05, 0.1) is 0 Å². The minimum absolute atomic E-state index is 0.0165. The molecular weight excluding hydrogens is 455 g/mol. The first-order chi connectivity index (χ1) is 15.7. The van der Waals surface area contributed by atoms with E-state index < -0.39 is 40.3 Å². The van der Waals surface area contributed by atoms with Crippen molar-refractivity contribution in [3.63, 3.8) is 0 Å². The third-order valence-corrected chi connectivity index (χ3v) is 7.26. The van der Waals surface area contributed by atoms with Gasteiger partial charge in [0.15, 0.2) is 0 Å². The molecule has 1 aliphatic rings. The van der Waals surface area contributed by atoms with Crippen molar-refractivity contribution in [2.45, 2.75) is 37.7 Å². The van der Waals surface area contributed by atoms with Crippen molar-refractivity contribution in [1.82, 2.24) is 5.01 Å². The highest BCUT2D eigenvalue weighted by molar-refractivity contribution is 8.15. The second-order valence-electron chi connectivity index (χ2n) is 7.70. The number of phenolic OH excluding ortho intramolecular Hbond substituents is 1. The van der Waals surface area contributed by atoms with Crippen LogP contribution in [0.25, 0.3) is 0 Å². The number of halogens is 3. The van der Waals surface area contributed by atoms with E-state index in [1.165, 1.54) is 20.1 Å². The molecule has 1 aliphatic heterocycles. The predicted molar refractivity (Wildman–Crippen MR) is 121 cm³/mol. The number of benzene rings is 2. The number of methoxy groups -OCH3 is 1. The van der Waals surface area contributed by atoms with Gasteiger partial charge in [-0.05, 0) is 68.6 Å². The SMILES string of the molecule is CCC(CCN)C1(c2cc(F)ccc2O)SC(c2cc(F)ccc2F)=NN1C(=O)[C@H](C)OC. The highest BCUT2D eigenvalue weighted by Gasteiger charge is 2.55. The Bertz CT molecular complexity index is 1070. The van der Waals surface area contributed by atoms with Crippen molar-refractivity contribution in [3.05, 3.63) is 65.0 Å². The quantitative estimate of drug-likeness (QED) is 0.587. The van der Waals surface area contributed by atoms with Crippen molar-refractivity contribution in [2.75, 3.05) is 13.7 Å². The van der Waals surface area contributed by atoms with Gasteiger partial charge in [-0.2, -0.15) is 5.10 Å². The monoisotopic (exact) mass is 481 g/mol. The summed E-state index contributed by atoms with van der Waals surface area (Å²) in [7, 11) is 1.35. The molecule has 3 rings (SSSR count). The molecule has 2 unspecified atom stereocenters. The molecule has 33 heavy (non-hydrogen) atoms. The topological polar surface area (TPSA) is 88.2 Å². The minimum atomic E-state index is -1.47. The first-order valence-electron chi connectivity index (χ1n) is 10.5. The van der Waals surface area contributed by atoms with E-state index >= 15 is 0 Å². The Morgan fingerprint density at radius 3 is 2.55 bits per heavy atom. The number of carbonyl (C=O) groups is 1. The molecule has 1 heterocycles. The first-order valence-corrected chi connectivity index (χ1v) is 11.3. The van der Waals surface area contributed by atoms with Crippen molar-refractivity contribution in [1.29, 1.82) is 0 Å². The van der Waals surface area contributed by atoms with E-state index in [1.54, 1.807) is 0 Å². The van der Waals surface area contributed by atoms with Gasteiger partial charge in [0.2, 0.25) is 0 Å². The lowest BCUT2D eigenvalue weighted by Crippen LogP contribution is -2.50. The lowest BCUT2D eigenvalue weighted by Gasteiger charge is -2.42. The van der Waals surface area contributed by atoms with Crippen LogP contribution in [0.5, 0.6) is 5.75 Å². The molecule has 3 N–H and O–H groups in total. The van der Waals surface area contributed by atoms with Crippen LogP contribution in [0, 0.1) is 23.4 Å². The lowest BCUT2D eigenvalue weighted by molar-refractivity contribution is -0.146. The summed E-state index contributed by atoms with van der Waals surface area (Å²) in [5, 5.41) is 16.3. The molecule has 0 saturated carbocycles. The molecule has 0 radical (unpaired) electrons. The molecule has 0 aliphatic carbocycles. The van der Waals surface area contributed by atoms with Gasteiger partial charge in [0.1, 0.15) is 39.2 Å². The summed E-state index contributed by atoms with van der Waals surface area (Å²) >= 11 is 0.958. The number of phenols is 1. The van der Waals surface area contributed by atoms with Gasteiger partial charge >= 0.3 is 0 Å². The van der Waals surface area contributed by atoms with Crippen LogP contribution in [0.15, 0.2) is 41.5 Å². The van der Waals surface area contributed by atoms with E-state index in [9.17, 15) is 23.1 Å². The highest BCUT2D eigenvalue weighted by atomic mass is 32.2. The second kappa shape index (κ2) is 10.1. The van der Waals surface area contributed by atoms with Crippen LogP contribution < -0.4 is 5.73 Å². The number of carbonyl (C=O) groups excluding carboxylic acids is 1. The zero-order valence-electron chi connectivity index (χ0n) is 18.5. The number of aromatic hydroxyl groups is 1. The number of ether oxygens (including phenoxy) is 1. The average molecular weight is 482 g/mol. The molecule has 0 fully saturated rings. The zero-order valence-corrected chi connectivity index (χ0v) is 19.3. The summed E-state index contributed by atoms with van der Waals surface area (Å²) in [6, 6.07) is 6.33. The molecule has 2 aromatic carbocycles. The van der Waals surface area contributed by atoms with Crippen LogP contribution in [0.4, 0.5) is 13.2 Å². The van der Waals surface area contributed by atoms with Gasteiger partial charge in [-0.25, -0.2) is 18.2 Å². The van der Waals surface area contributed by atoms with E-state index in [4.69, 9.17) is 10.5 Å². The molecule has 0 saturated heterocycles. The maximum Gasteiger partial charge on any atom is 0.273 e. The molecule has 178 valence electrons. The van der Waals surface area contributed by atoms with Crippen LogP contribution in [-0.2, 0) is 14.4 Å². The Balaban J connectivity index is 2.32. The summed E-state index contributed by atoms with van der Waals surface area (Å²) in [5.41, 5.74) is 5.79. The van der Waals surface area contributed by atoms with Gasteiger partial charge in [-0.15, -0.1) is 0 Å². The van der Waals surface area contributed by atoms with Gasteiger partial charge < -0.3 is 15.6 Å². The predicted octanol–water partition coefficient (Wildman–Crippen LogP) is 4.31. The zero-order chi connectivity index (χ0) is 24.3. The molecule has 0 spiro atoms. The molecule has 0 aromatic heterocycles. The third kappa shape index (κ3) is 4.60. The molecule has 6 nitrogen and oxygen atoms in total. The molecule has 10 heteroatoms. The summed E-state index contributed by atoms with van der Waals surface area (Å²) < 4.78 is 48.3. The van der Waals surface area contributed by atoms with Gasteiger partial charge in [0, 0.05) is 18.2 Å². The Labute approximate surface area is 194 Å². The van der Waals surface area contributed by atoms with E-state index in [0.717, 1.165) is 47.1 Å². The number of thioether (sulfide) groups is 1. The summed E-state index contributed by atoms with van der Waals surface area (Å²) in [5.74, 6) is -3.33. The maximum absolute atomic E-state index is 14.7. The first kappa shape index (κ1) is 25.1. The van der Waals surface area contributed by atoms with E-state index in [1.807, 2.05) is 6.92 Å². The van der Waals surface area contributed by atoms with Crippen LogP contribution in [0.2, 0.25) is 0 Å². The smallest absolute Gasteiger partial charge is 0.273 e. The van der Waals surface area contributed by atoms with E-state index in [0.29, 0.717) is 12.8 Å². The summed E-state index contributed by atoms with van der Waals surface area (Å²) in [6.07, 6.45) is -0.0878. The van der Waals surface area contributed by atoms with Gasteiger partial charge in [-0.1, -0.05) is 18.7 Å². The largest absolute Gasteiger partial charge is 0.508 e. The van der Waals surface area contributed by atoms with Gasteiger partial charge in [-0.3, -0.25) is 4.79 Å². The summed E-state index contributed by atoms with van der Waals surface area (Å²) in [4.78, 5) is 11.9. The molecule has 1 amide bonds. The number of rotatable bonds is 8. The van der Waals surface area contributed by atoms with Crippen LogP contribution in [0.1, 0.15) is 37.8 Å². The van der Waals surface area contributed by atoms with Crippen LogP contribution in [-0.4, -0.2) is 40.8 Å². The minimum Gasteiger partial charge on any atom is -0.508 e. The van der Waals surface area contributed by atoms with Crippen LogP contribution in [0.3, 0.4) is 0 Å². The normalized spacial score (nSPS) is 20.0. The Morgan fingerprint density at radius 1 is 1.24 bits per heavy atom. The fourth-order valence-corrected chi connectivity index (χ4v) is 5.58. The Kier molecular flexibility index (Phi) is 7.71. The fraction of sp³-hybridized carbons (Fsp3) is 0.391. The molecule has 2 aromatic rings. The number of hydrogen-bond donors (Lipinski definition) is 2. The van der Waals surface area contributed by atoms with Crippen molar-refractivity contribution < 1.29 is 27.8 Å². The Morgan fingerprint density at radius 2 is 1.91 bits per heavy atom. The molecular formula is C23H26F3N3O3S. The Hall–Kier alpha value is -2.56. The number of hydrogen-bond acceptors (Lipinski definition) is 6.